The number of nitrogens with zero attached hydrogens (tertiary/aromatic N) is 3. The van der Waals surface area contributed by atoms with E-state index in [4.69, 9.17) is 4.98 Å². The molecule has 1 saturated carbocycles. The van der Waals surface area contributed by atoms with Gasteiger partial charge in [0.05, 0.1) is 17.1 Å². The number of rotatable bonds is 4. The number of aromatic nitrogens is 3. The van der Waals surface area contributed by atoms with Gasteiger partial charge in [-0.05, 0) is 86.0 Å². The maximum atomic E-state index is 13.1. The molecule has 0 bridgehead atoms. The third-order valence-corrected chi connectivity index (χ3v) is 5.42. The summed E-state index contributed by atoms with van der Waals surface area (Å²) in [5.74, 6) is 0.369. The molecule has 2 aromatic heterocycles. The minimum Gasteiger partial charge on any atom is -0.322 e. The van der Waals surface area contributed by atoms with Crippen molar-refractivity contribution >= 4 is 45.2 Å². The lowest BCUT2D eigenvalue weighted by Gasteiger charge is -2.12. The topological polar surface area (TPSA) is 59.8 Å². The summed E-state index contributed by atoms with van der Waals surface area (Å²) in [7, 11) is 0. The molecule has 1 aromatic carbocycles. The summed E-state index contributed by atoms with van der Waals surface area (Å²) >= 11 is 2.27. The standard InChI is InChI=1S/C20H21IN4O/c1-11(2)25-19-16(10-22-25)15(9-18(23-19)13-4-5-13)20(26)24-17-7-6-14(21)8-12(17)3/h6-11,13H,4-5H2,1-3H3,(H,24,26). The molecule has 1 N–H and O–H groups in total. The van der Waals surface area contributed by atoms with Crippen LogP contribution in [0.1, 0.15) is 60.3 Å². The molecule has 2 heterocycles. The molecule has 5 nitrogen and oxygen atoms in total. The Morgan fingerprint density at radius 3 is 2.73 bits per heavy atom. The van der Waals surface area contributed by atoms with E-state index < -0.39 is 0 Å². The zero-order chi connectivity index (χ0) is 18.4. The summed E-state index contributed by atoms with van der Waals surface area (Å²) < 4.78 is 3.05. The monoisotopic (exact) mass is 460 g/mol. The highest BCUT2D eigenvalue weighted by molar-refractivity contribution is 14.1. The van der Waals surface area contributed by atoms with Crippen molar-refractivity contribution in [3.63, 3.8) is 0 Å². The van der Waals surface area contributed by atoms with Crippen LogP contribution in [0.25, 0.3) is 11.0 Å². The van der Waals surface area contributed by atoms with Gasteiger partial charge in [-0.25, -0.2) is 9.67 Å². The van der Waals surface area contributed by atoms with Gasteiger partial charge in [-0.2, -0.15) is 5.10 Å². The predicted molar refractivity (Wildman–Crippen MR) is 112 cm³/mol. The zero-order valence-electron chi connectivity index (χ0n) is 15.1. The van der Waals surface area contributed by atoms with Crippen molar-refractivity contribution in [3.8, 4) is 0 Å². The Morgan fingerprint density at radius 2 is 2.08 bits per heavy atom. The maximum absolute atomic E-state index is 13.1. The number of anilines is 1. The SMILES string of the molecule is Cc1cc(I)ccc1NC(=O)c1cc(C2CC2)nc2c1cnn2C(C)C. The number of hydrogen-bond donors (Lipinski definition) is 1. The normalized spacial score (nSPS) is 14.2. The van der Waals surface area contributed by atoms with E-state index in [9.17, 15) is 4.79 Å². The van der Waals surface area contributed by atoms with E-state index in [1.54, 1.807) is 6.20 Å². The molecule has 0 unspecified atom stereocenters. The van der Waals surface area contributed by atoms with Crippen LogP contribution >= 0.6 is 22.6 Å². The van der Waals surface area contributed by atoms with Crippen molar-refractivity contribution in [2.75, 3.05) is 5.32 Å². The highest BCUT2D eigenvalue weighted by Crippen LogP contribution is 2.40. The summed E-state index contributed by atoms with van der Waals surface area (Å²) in [6.07, 6.45) is 4.05. The second-order valence-electron chi connectivity index (χ2n) is 7.20. The van der Waals surface area contributed by atoms with Crippen LogP contribution < -0.4 is 5.32 Å². The summed E-state index contributed by atoms with van der Waals surface area (Å²) in [4.78, 5) is 17.9. The number of benzene rings is 1. The van der Waals surface area contributed by atoms with Crippen LogP contribution in [0.15, 0.2) is 30.5 Å². The van der Waals surface area contributed by atoms with Crippen molar-refractivity contribution in [2.24, 2.45) is 0 Å². The van der Waals surface area contributed by atoms with Gasteiger partial charge in [0.15, 0.2) is 5.65 Å². The first kappa shape index (κ1) is 17.5. The summed E-state index contributed by atoms with van der Waals surface area (Å²) in [5, 5.41) is 8.34. The molecule has 3 aromatic rings. The lowest BCUT2D eigenvalue weighted by molar-refractivity contribution is 0.102. The third kappa shape index (κ3) is 3.22. The molecule has 134 valence electrons. The van der Waals surface area contributed by atoms with Crippen LogP contribution in [0.2, 0.25) is 0 Å². The van der Waals surface area contributed by atoms with Crippen LogP contribution in [0.4, 0.5) is 5.69 Å². The molecule has 0 aliphatic heterocycles. The van der Waals surface area contributed by atoms with E-state index in [2.05, 4.69) is 52.9 Å². The van der Waals surface area contributed by atoms with E-state index in [1.165, 1.54) is 0 Å². The molecule has 6 heteroatoms. The van der Waals surface area contributed by atoms with Crippen LogP contribution in [0.5, 0.6) is 0 Å². The van der Waals surface area contributed by atoms with Gasteiger partial charge in [0.25, 0.3) is 5.91 Å². The first-order valence-electron chi connectivity index (χ1n) is 8.89. The molecule has 0 spiro atoms. The first-order chi connectivity index (χ1) is 12.4. The minimum absolute atomic E-state index is 0.105. The molecule has 1 fully saturated rings. The molecule has 0 atom stereocenters. The Balaban J connectivity index is 1.78. The van der Waals surface area contributed by atoms with Crippen molar-refractivity contribution < 1.29 is 4.79 Å². The van der Waals surface area contributed by atoms with Gasteiger partial charge >= 0.3 is 0 Å². The second kappa shape index (κ2) is 6.64. The van der Waals surface area contributed by atoms with Gasteiger partial charge in [0, 0.05) is 26.9 Å². The molecule has 4 rings (SSSR count). The molecule has 0 saturated heterocycles. The lowest BCUT2D eigenvalue weighted by Crippen LogP contribution is -2.14. The van der Waals surface area contributed by atoms with Gasteiger partial charge in [0.2, 0.25) is 0 Å². The number of pyridine rings is 1. The van der Waals surface area contributed by atoms with Gasteiger partial charge in [-0.1, -0.05) is 0 Å². The summed E-state index contributed by atoms with van der Waals surface area (Å²) in [6.45, 7) is 6.16. The molecule has 1 aliphatic carbocycles. The second-order valence-corrected chi connectivity index (χ2v) is 8.45. The predicted octanol–water partition coefficient (Wildman–Crippen LogP) is 5.05. The van der Waals surface area contributed by atoms with E-state index >= 15 is 0 Å². The number of carbonyl (C=O) groups is 1. The molecular formula is C20H21IN4O. The molecular weight excluding hydrogens is 439 g/mol. The maximum Gasteiger partial charge on any atom is 0.256 e. The van der Waals surface area contributed by atoms with Crippen molar-refractivity contribution in [2.45, 2.75) is 45.6 Å². The smallest absolute Gasteiger partial charge is 0.256 e. The van der Waals surface area contributed by atoms with Crippen LogP contribution in [0, 0.1) is 10.5 Å². The van der Waals surface area contributed by atoms with Crippen LogP contribution in [-0.4, -0.2) is 20.7 Å². The Morgan fingerprint density at radius 1 is 1.31 bits per heavy atom. The number of nitrogens with one attached hydrogen (secondary N) is 1. The number of aryl methyl sites for hydroxylation is 1. The molecule has 1 amide bonds. The third-order valence-electron chi connectivity index (χ3n) is 4.75. The fraction of sp³-hybridized carbons (Fsp3) is 0.350. The van der Waals surface area contributed by atoms with E-state index in [0.29, 0.717) is 11.5 Å². The largest absolute Gasteiger partial charge is 0.322 e. The highest BCUT2D eigenvalue weighted by atomic mass is 127. The van der Waals surface area contributed by atoms with Gasteiger partial charge in [-0.3, -0.25) is 4.79 Å². The Hall–Kier alpha value is -1.96. The summed E-state index contributed by atoms with van der Waals surface area (Å²) in [5.41, 5.74) is 4.35. The zero-order valence-corrected chi connectivity index (χ0v) is 17.2. The molecule has 0 radical (unpaired) electrons. The van der Waals surface area contributed by atoms with E-state index in [-0.39, 0.29) is 11.9 Å². The fourth-order valence-electron chi connectivity index (χ4n) is 3.15. The summed E-state index contributed by atoms with van der Waals surface area (Å²) in [6, 6.07) is 8.16. The Kier molecular flexibility index (Phi) is 4.46. The average molecular weight is 460 g/mol. The highest BCUT2D eigenvalue weighted by Gasteiger charge is 2.28. The average Bonchev–Trinajstić information content (AvgIpc) is 3.35. The van der Waals surface area contributed by atoms with Crippen molar-refractivity contribution in [1.29, 1.82) is 0 Å². The molecule has 1 aliphatic rings. The number of amides is 1. The number of fused-ring (bicyclic) bond motifs is 1. The quantitative estimate of drug-likeness (QED) is 0.554. The molecule has 26 heavy (non-hydrogen) atoms. The van der Waals surface area contributed by atoms with Gasteiger partial charge in [-0.15, -0.1) is 0 Å². The number of halogens is 1. The van der Waals surface area contributed by atoms with Gasteiger partial charge in [0.1, 0.15) is 0 Å². The van der Waals surface area contributed by atoms with Crippen molar-refractivity contribution in [3.05, 3.63) is 50.9 Å². The number of hydrogen-bond acceptors (Lipinski definition) is 3. The Bertz CT molecular complexity index is 1000. The van der Waals surface area contributed by atoms with Crippen molar-refractivity contribution in [1.82, 2.24) is 14.8 Å². The first-order valence-corrected chi connectivity index (χ1v) is 9.97. The lowest BCUT2D eigenvalue weighted by atomic mass is 10.1. The van der Waals surface area contributed by atoms with E-state index in [1.807, 2.05) is 29.8 Å². The fourth-order valence-corrected chi connectivity index (χ4v) is 3.80. The van der Waals surface area contributed by atoms with Gasteiger partial charge < -0.3 is 5.32 Å². The number of carbonyl (C=O) groups excluding carboxylic acids is 1. The van der Waals surface area contributed by atoms with Crippen LogP contribution in [-0.2, 0) is 0 Å². The minimum atomic E-state index is -0.105. The Labute approximate surface area is 166 Å². The van der Waals surface area contributed by atoms with E-state index in [0.717, 1.165) is 44.4 Å². The van der Waals surface area contributed by atoms with Crippen LogP contribution in [0.3, 0.4) is 0 Å².